The summed E-state index contributed by atoms with van der Waals surface area (Å²) in [6.45, 7) is 0. The van der Waals surface area contributed by atoms with Crippen molar-refractivity contribution in [2.45, 2.75) is 31.2 Å². The number of hydrogen-bond donors (Lipinski definition) is 3. The molecule has 1 heterocycles. The number of aromatic nitrogens is 2. The highest BCUT2D eigenvalue weighted by Gasteiger charge is 2.45. The van der Waals surface area contributed by atoms with Crippen LogP contribution in [0.4, 0.5) is 8.78 Å². The predicted molar refractivity (Wildman–Crippen MR) is 106 cm³/mol. The third kappa shape index (κ3) is 3.54. The van der Waals surface area contributed by atoms with Gasteiger partial charge in [-0.2, -0.15) is 0 Å². The van der Waals surface area contributed by atoms with E-state index >= 15 is 0 Å². The Balaban J connectivity index is 1.59. The maximum absolute atomic E-state index is 13.5. The Labute approximate surface area is 172 Å². The molecule has 0 spiro atoms. The quantitative estimate of drug-likeness (QED) is 0.576. The standard InChI is InChI=1S/C23H20F2N2O3/c1-2-12-4-3-5-15-19(26-11-27-20(12)15)10-14-8-16(23(30)22(14)29)21(28)13-6-7-17(24)18(25)9-13/h1,3-7,9,11,14,16,21-23,28-30H,8,10H2/t14?,16?,21?,22-,23+/m0/s1. The molecule has 1 saturated carbocycles. The summed E-state index contributed by atoms with van der Waals surface area (Å²) in [7, 11) is 0. The van der Waals surface area contributed by atoms with Crippen LogP contribution in [0.1, 0.15) is 29.3 Å². The summed E-state index contributed by atoms with van der Waals surface area (Å²) >= 11 is 0. The number of terminal acetylenes is 1. The molecule has 1 aliphatic rings. The minimum absolute atomic E-state index is 0.150. The molecule has 5 atom stereocenters. The van der Waals surface area contributed by atoms with Crippen LogP contribution in [0.5, 0.6) is 0 Å². The average Bonchev–Trinajstić information content (AvgIpc) is 3.03. The van der Waals surface area contributed by atoms with Crippen LogP contribution in [0, 0.1) is 35.8 Å². The zero-order valence-corrected chi connectivity index (χ0v) is 15.9. The van der Waals surface area contributed by atoms with Gasteiger partial charge in [0.2, 0.25) is 0 Å². The Kier molecular flexibility index (Phi) is 5.48. The van der Waals surface area contributed by atoms with Crippen molar-refractivity contribution in [2.75, 3.05) is 0 Å². The van der Waals surface area contributed by atoms with Gasteiger partial charge in [0.05, 0.1) is 35.1 Å². The zero-order chi connectivity index (χ0) is 21.4. The number of nitrogens with zero attached hydrogens (tertiary/aromatic N) is 2. The lowest BCUT2D eigenvalue weighted by atomic mass is 9.91. The van der Waals surface area contributed by atoms with Crippen molar-refractivity contribution < 1.29 is 24.1 Å². The van der Waals surface area contributed by atoms with Crippen LogP contribution in [-0.2, 0) is 6.42 Å². The van der Waals surface area contributed by atoms with E-state index < -0.39 is 41.8 Å². The van der Waals surface area contributed by atoms with Crippen molar-refractivity contribution in [3.63, 3.8) is 0 Å². The molecule has 0 amide bonds. The summed E-state index contributed by atoms with van der Waals surface area (Å²) in [6, 6.07) is 8.54. The van der Waals surface area contributed by atoms with Crippen LogP contribution < -0.4 is 0 Å². The van der Waals surface area contributed by atoms with E-state index in [0.29, 0.717) is 23.2 Å². The van der Waals surface area contributed by atoms with Gasteiger partial charge >= 0.3 is 0 Å². The van der Waals surface area contributed by atoms with Gasteiger partial charge in [0.1, 0.15) is 6.33 Å². The first-order valence-electron chi connectivity index (χ1n) is 9.59. The van der Waals surface area contributed by atoms with Crippen molar-refractivity contribution in [3.8, 4) is 12.3 Å². The molecule has 154 valence electrons. The number of aliphatic hydroxyl groups is 3. The fourth-order valence-electron chi connectivity index (χ4n) is 4.29. The number of fused-ring (bicyclic) bond motifs is 1. The van der Waals surface area contributed by atoms with E-state index in [9.17, 15) is 24.1 Å². The second kappa shape index (κ2) is 8.07. The smallest absolute Gasteiger partial charge is 0.159 e. The van der Waals surface area contributed by atoms with Crippen molar-refractivity contribution in [1.82, 2.24) is 9.97 Å². The Morgan fingerprint density at radius 2 is 1.90 bits per heavy atom. The largest absolute Gasteiger partial charge is 0.390 e. The molecule has 0 aliphatic heterocycles. The predicted octanol–water partition coefficient (Wildman–Crippen LogP) is 2.52. The molecular weight excluding hydrogens is 390 g/mol. The molecule has 0 saturated heterocycles. The summed E-state index contributed by atoms with van der Waals surface area (Å²) in [5.41, 5.74) is 2.10. The van der Waals surface area contributed by atoms with E-state index in [-0.39, 0.29) is 12.0 Å². The Hall–Kier alpha value is -2.92. The van der Waals surface area contributed by atoms with Crippen LogP contribution >= 0.6 is 0 Å². The SMILES string of the molecule is C#Cc1cccc2c(CC3CC(C(O)c4ccc(F)c(F)c4)[C@@H](O)[C@H]3O)ncnc12. The monoisotopic (exact) mass is 410 g/mol. The van der Waals surface area contributed by atoms with Gasteiger partial charge in [0.15, 0.2) is 11.6 Å². The summed E-state index contributed by atoms with van der Waals surface area (Å²) in [5, 5.41) is 32.5. The highest BCUT2D eigenvalue weighted by atomic mass is 19.2. The molecule has 30 heavy (non-hydrogen) atoms. The second-order valence-corrected chi connectivity index (χ2v) is 7.63. The molecule has 5 nitrogen and oxygen atoms in total. The van der Waals surface area contributed by atoms with Gasteiger partial charge in [-0.1, -0.05) is 24.1 Å². The number of hydrogen-bond acceptors (Lipinski definition) is 5. The first kappa shape index (κ1) is 20.4. The van der Waals surface area contributed by atoms with Crippen LogP contribution in [0.2, 0.25) is 0 Å². The summed E-state index contributed by atoms with van der Waals surface area (Å²) in [6.07, 6.45) is 4.00. The fourth-order valence-corrected chi connectivity index (χ4v) is 4.29. The van der Waals surface area contributed by atoms with Crippen LogP contribution in [0.25, 0.3) is 10.9 Å². The molecule has 7 heteroatoms. The lowest BCUT2D eigenvalue weighted by Gasteiger charge is -2.22. The van der Waals surface area contributed by atoms with Crippen LogP contribution in [0.15, 0.2) is 42.7 Å². The molecule has 1 aromatic heterocycles. The number of para-hydroxylation sites is 1. The summed E-state index contributed by atoms with van der Waals surface area (Å²) in [5.74, 6) is -0.630. The Morgan fingerprint density at radius 3 is 2.63 bits per heavy atom. The maximum atomic E-state index is 13.5. The van der Waals surface area contributed by atoms with E-state index in [0.717, 1.165) is 17.5 Å². The molecule has 0 bridgehead atoms. The van der Waals surface area contributed by atoms with Crippen LogP contribution in [-0.4, -0.2) is 37.5 Å². The first-order valence-corrected chi connectivity index (χ1v) is 9.59. The topological polar surface area (TPSA) is 86.5 Å². The third-order valence-electron chi connectivity index (χ3n) is 5.90. The minimum Gasteiger partial charge on any atom is -0.390 e. The van der Waals surface area contributed by atoms with Gasteiger partial charge in [-0.15, -0.1) is 6.42 Å². The molecule has 3 aromatic rings. The van der Waals surface area contributed by atoms with E-state index in [1.165, 1.54) is 12.4 Å². The maximum Gasteiger partial charge on any atom is 0.159 e. The minimum atomic E-state index is -1.25. The van der Waals surface area contributed by atoms with Gasteiger partial charge in [-0.3, -0.25) is 0 Å². The highest BCUT2D eigenvalue weighted by Crippen LogP contribution is 2.41. The van der Waals surface area contributed by atoms with E-state index in [4.69, 9.17) is 6.42 Å². The van der Waals surface area contributed by atoms with Gasteiger partial charge in [-0.05, 0) is 42.5 Å². The molecule has 1 fully saturated rings. The Morgan fingerprint density at radius 1 is 1.10 bits per heavy atom. The molecule has 3 N–H and O–H groups in total. The lowest BCUT2D eigenvalue weighted by molar-refractivity contribution is -0.0278. The summed E-state index contributed by atoms with van der Waals surface area (Å²) < 4.78 is 26.7. The van der Waals surface area contributed by atoms with Crippen molar-refractivity contribution in [1.29, 1.82) is 0 Å². The third-order valence-corrected chi connectivity index (χ3v) is 5.90. The van der Waals surface area contributed by atoms with Gasteiger partial charge in [0, 0.05) is 11.3 Å². The van der Waals surface area contributed by atoms with Gasteiger partial charge in [0.25, 0.3) is 0 Å². The average molecular weight is 410 g/mol. The molecule has 3 unspecified atom stereocenters. The van der Waals surface area contributed by atoms with Gasteiger partial charge < -0.3 is 15.3 Å². The van der Waals surface area contributed by atoms with Crippen LogP contribution in [0.3, 0.4) is 0 Å². The van der Waals surface area contributed by atoms with Crippen molar-refractivity contribution in [3.05, 3.63) is 71.2 Å². The lowest BCUT2D eigenvalue weighted by Crippen LogP contribution is -2.31. The second-order valence-electron chi connectivity index (χ2n) is 7.63. The molecule has 1 aliphatic carbocycles. The Bertz CT molecular complexity index is 1130. The van der Waals surface area contributed by atoms with E-state index in [1.54, 1.807) is 12.1 Å². The molecule has 4 rings (SSSR count). The highest BCUT2D eigenvalue weighted by molar-refractivity contribution is 5.86. The van der Waals surface area contributed by atoms with E-state index in [2.05, 4.69) is 15.9 Å². The molecule has 2 aromatic carbocycles. The number of halogens is 2. The zero-order valence-electron chi connectivity index (χ0n) is 15.9. The number of aliphatic hydroxyl groups excluding tert-OH is 3. The van der Waals surface area contributed by atoms with Crippen molar-refractivity contribution in [2.24, 2.45) is 11.8 Å². The van der Waals surface area contributed by atoms with E-state index in [1.807, 2.05) is 6.07 Å². The molecule has 0 radical (unpaired) electrons. The van der Waals surface area contributed by atoms with Gasteiger partial charge in [-0.25, -0.2) is 18.7 Å². The summed E-state index contributed by atoms with van der Waals surface area (Å²) in [4.78, 5) is 8.58. The fraction of sp³-hybridized carbons (Fsp3) is 0.304. The number of benzene rings is 2. The normalized spacial score (nSPS) is 24.7. The molecular formula is C23H20F2N2O3. The number of rotatable bonds is 4. The van der Waals surface area contributed by atoms with Crippen molar-refractivity contribution >= 4 is 10.9 Å². The first-order chi connectivity index (χ1) is 14.4.